The number of carboxylic acids is 1. The molecule has 19 heavy (non-hydrogen) atoms. The van der Waals surface area contributed by atoms with Crippen LogP contribution in [0.4, 0.5) is 4.79 Å². The first kappa shape index (κ1) is 18.1. The highest BCUT2D eigenvalue weighted by molar-refractivity contribution is 7.99. The summed E-state index contributed by atoms with van der Waals surface area (Å²) in [6.45, 7) is 7.16. The molecule has 0 saturated heterocycles. The molecule has 0 bridgehead atoms. The summed E-state index contributed by atoms with van der Waals surface area (Å²) < 4.78 is 0. The summed E-state index contributed by atoms with van der Waals surface area (Å²) in [5.74, 6) is -0.407. The maximum Gasteiger partial charge on any atom is 0.314 e. The normalized spacial score (nSPS) is 13.9. The number of urea groups is 1. The third-order valence-electron chi connectivity index (χ3n) is 2.77. The molecule has 0 heterocycles. The smallest absolute Gasteiger partial charge is 0.314 e. The molecule has 0 spiro atoms. The zero-order chi connectivity index (χ0) is 14.8. The highest BCUT2D eigenvalue weighted by Crippen LogP contribution is 2.14. The number of hydrogen-bond acceptors (Lipinski definition) is 3. The Hall–Kier alpha value is -0.910. The Balaban J connectivity index is 4.01. The van der Waals surface area contributed by atoms with Crippen LogP contribution >= 0.6 is 11.8 Å². The van der Waals surface area contributed by atoms with E-state index < -0.39 is 5.97 Å². The highest BCUT2D eigenvalue weighted by Gasteiger charge is 2.16. The lowest BCUT2D eigenvalue weighted by Gasteiger charge is -2.18. The second-order valence-corrected chi connectivity index (χ2v) is 6.51. The summed E-state index contributed by atoms with van der Waals surface area (Å²) in [7, 11) is 0. The third kappa shape index (κ3) is 10.7. The van der Waals surface area contributed by atoms with Gasteiger partial charge >= 0.3 is 12.0 Å². The van der Waals surface area contributed by atoms with Crippen LogP contribution in [0.1, 0.15) is 33.6 Å². The molecule has 0 aromatic heterocycles. The second kappa shape index (κ2) is 9.95. The molecule has 3 N–H and O–H groups in total. The van der Waals surface area contributed by atoms with Crippen LogP contribution in [0.3, 0.4) is 0 Å². The van der Waals surface area contributed by atoms with Crippen molar-refractivity contribution < 1.29 is 14.7 Å². The molecule has 0 aromatic rings. The Labute approximate surface area is 119 Å². The molecule has 0 aromatic carbocycles. The maximum atomic E-state index is 11.6. The van der Waals surface area contributed by atoms with E-state index in [9.17, 15) is 9.59 Å². The topological polar surface area (TPSA) is 78.4 Å². The molecule has 2 amide bonds. The van der Waals surface area contributed by atoms with Crippen LogP contribution in [-0.4, -0.2) is 41.7 Å². The first-order valence-electron chi connectivity index (χ1n) is 6.61. The van der Waals surface area contributed by atoms with E-state index in [1.165, 1.54) is 0 Å². The van der Waals surface area contributed by atoms with Crippen LogP contribution in [0.5, 0.6) is 0 Å². The molecule has 2 unspecified atom stereocenters. The molecule has 0 radical (unpaired) electrons. The van der Waals surface area contributed by atoms with E-state index in [1.54, 1.807) is 11.8 Å². The molecular formula is C13H26N2O3S. The molecule has 5 nitrogen and oxygen atoms in total. The van der Waals surface area contributed by atoms with Crippen LogP contribution in [0.2, 0.25) is 0 Å². The summed E-state index contributed by atoms with van der Waals surface area (Å²) in [6, 6.07) is -0.222. The van der Waals surface area contributed by atoms with Gasteiger partial charge in [-0.2, -0.15) is 11.8 Å². The van der Waals surface area contributed by atoms with Gasteiger partial charge in [-0.3, -0.25) is 4.79 Å². The van der Waals surface area contributed by atoms with Crippen LogP contribution < -0.4 is 10.6 Å². The lowest BCUT2D eigenvalue weighted by atomic mass is 9.94. The van der Waals surface area contributed by atoms with Gasteiger partial charge in [-0.1, -0.05) is 20.8 Å². The predicted molar refractivity (Wildman–Crippen MR) is 79.6 cm³/mol. The minimum absolute atomic E-state index is 0.0128. The van der Waals surface area contributed by atoms with E-state index in [4.69, 9.17) is 5.11 Å². The number of carbonyl (C=O) groups is 2. The molecule has 2 atom stereocenters. The molecule has 0 saturated carbocycles. The van der Waals surface area contributed by atoms with Gasteiger partial charge in [0, 0.05) is 24.8 Å². The van der Waals surface area contributed by atoms with Crippen LogP contribution in [0, 0.1) is 11.8 Å². The van der Waals surface area contributed by atoms with Gasteiger partial charge in [0.1, 0.15) is 0 Å². The Kier molecular flexibility index (Phi) is 9.47. The van der Waals surface area contributed by atoms with Gasteiger partial charge in [0.25, 0.3) is 0 Å². The van der Waals surface area contributed by atoms with E-state index in [0.717, 1.165) is 6.42 Å². The van der Waals surface area contributed by atoms with Crippen molar-refractivity contribution in [3.05, 3.63) is 0 Å². The zero-order valence-corrected chi connectivity index (χ0v) is 13.0. The van der Waals surface area contributed by atoms with Crippen LogP contribution in [0.25, 0.3) is 0 Å². The monoisotopic (exact) mass is 290 g/mol. The molecule has 0 rings (SSSR count). The first-order chi connectivity index (χ1) is 8.85. The Bertz CT molecular complexity index is 285. The fourth-order valence-electron chi connectivity index (χ4n) is 1.77. The number of rotatable bonds is 9. The van der Waals surface area contributed by atoms with Gasteiger partial charge in [-0.25, -0.2) is 4.79 Å². The lowest BCUT2D eigenvalue weighted by Crippen LogP contribution is -2.41. The maximum absolute atomic E-state index is 11.6. The Morgan fingerprint density at radius 1 is 1.16 bits per heavy atom. The largest absolute Gasteiger partial charge is 0.481 e. The number of carbonyl (C=O) groups excluding carboxylic acids is 1. The molecule has 0 aliphatic carbocycles. The SMILES string of the molecule is CSC(C)CNC(=O)NCC(CC(=O)O)CC(C)C. The van der Waals surface area contributed by atoms with Gasteiger partial charge in [0.05, 0.1) is 0 Å². The van der Waals surface area contributed by atoms with E-state index in [2.05, 4.69) is 24.5 Å². The highest BCUT2D eigenvalue weighted by atomic mass is 32.2. The number of nitrogens with one attached hydrogen (secondary N) is 2. The van der Waals surface area contributed by atoms with Crippen molar-refractivity contribution in [1.29, 1.82) is 0 Å². The summed E-state index contributed by atoms with van der Waals surface area (Å²) >= 11 is 1.69. The van der Waals surface area contributed by atoms with Crippen molar-refractivity contribution in [2.24, 2.45) is 11.8 Å². The molecule has 0 aliphatic rings. The van der Waals surface area contributed by atoms with Gasteiger partial charge in [-0.15, -0.1) is 0 Å². The first-order valence-corrected chi connectivity index (χ1v) is 7.90. The van der Waals surface area contributed by atoms with E-state index in [0.29, 0.717) is 24.3 Å². The molecule has 0 fully saturated rings. The Morgan fingerprint density at radius 2 is 1.74 bits per heavy atom. The van der Waals surface area contributed by atoms with Gasteiger partial charge in [-0.05, 0) is 24.5 Å². The van der Waals surface area contributed by atoms with Gasteiger partial charge in [0.15, 0.2) is 0 Å². The number of hydrogen-bond donors (Lipinski definition) is 3. The van der Waals surface area contributed by atoms with Crippen molar-refractivity contribution in [2.75, 3.05) is 19.3 Å². The third-order valence-corrected chi connectivity index (χ3v) is 3.74. The molecular weight excluding hydrogens is 264 g/mol. The minimum Gasteiger partial charge on any atom is -0.481 e. The number of carboxylic acid groups (broad SMARTS) is 1. The van der Waals surface area contributed by atoms with Crippen molar-refractivity contribution in [3.63, 3.8) is 0 Å². The lowest BCUT2D eigenvalue weighted by molar-refractivity contribution is -0.138. The van der Waals surface area contributed by atoms with Gasteiger partial charge in [0.2, 0.25) is 0 Å². The standard InChI is InChI=1S/C13H26N2O3S/c1-9(2)5-11(6-12(16)17)8-15-13(18)14-7-10(3)19-4/h9-11H,5-8H2,1-4H3,(H,16,17)(H2,14,15,18). The van der Waals surface area contributed by atoms with E-state index >= 15 is 0 Å². The van der Waals surface area contributed by atoms with Gasteiger partial charge < -0.3 is 15.7 Å². The van der Waals surface area contributed by atoms with Crippen molar-refractivity contribution in [3.8, 4) is 0 Å². The van der Waals surface area contributed by atoms with Crippen molar-refractivity contribution in [1.82, 2.24) is 10.6 Å². The molecule has 112 valence electrons. The van der Waals surface area contributed by atoms with Crippen molar-refractivity contribution >= 4 is 23.8 Å². The summed E-state index contributed by atoms with van der Waals surface area (Å²) in [4.78, 5) is 22.3. The number of thioether (sulfide) groups is 1. The fraction of sp³-hybridized carbons (Fsp3) is 0.846. The average molecular weight is 290 g/mol. The van der Waals surface area contributed by atoms with Crippen molar-refractivity contribution in [2.45, 2.75) is 38.9 Å². The molecule has 6 heteroatoms. The zero-order valence-electron chi connectivity index (χ0n) is 12.2. The second-order valence-electron chi connectivity index (χ2n) is 5.23. The van der Waals surface area contributed by atoms with Crippen LogP contribution in [0.15, 0.2) is 0 Å². The van der Waals surface area contributed by atoms with E-state index in [1.807, 2.05) is 13.2 Å². The minimum atomic E-state index is -0.816. The Morgan fingerprint density at radius 3 is 2.21 bits per heavy atom. The fourth-order valence-corrected chi connectivity index (χ4v) is 2.02. The number of amides is 2. The van der Waals surface area contributed by atoms with Crippen LogP contribution in [-0.2, 0) is 4.79 Å². The molecule has 0 aliphatic heterocycles. The average Bonchev–Trinajstić information content (AvgIpc) is 2.31. The number of aliphatic carboxylic acids is 1. The summed E-state index contributed by atoms with van der Waals surface area (Å²) in [5, 5.41) is 14.7. The quantitative estimate of drug-likeness (QED) is 0.608. The predicted octanol–water partition coefficient (Wildman–Crippen LogP) is 2.17. The summed E-state index contributed by atoms with van der Waals surface area (Å²) in [6.07, 6.45) is 2.89. The summed E-state index contributed by atoms with van der Waals surface area (Å²) in [5.41, 5.74) is 0. The van der Waals surface area contributed by atoms with E-state index in [-0.39, 0.29) is 18.4 Å².